The SMILES string of the molecule is COc1ccc(N(CC(=O)N/N=C(/C)c2cccc([N+](=O)[O-])c2)S(=O)(=O)c2ccccc2)cc1. The zero-order chi connectivity index (χ0) is 24.7. The van der Waals surface area contributed by atoms with Gasteiger partial charge in [0.2, 0.25) is 0 Å². The average molecular weight is 483 g/mol. The van der Waals surface area contributed by atoms with Gasteiger partial charge in [-0.1, -0.05) is 30.3 Å². The number of hydrogen-bond acceptors (Lipinski definition) is 7. The maximum absolute atomic E-state index is 13.3. The van der Waals surface area contributed by atoms with Gasteiger partial charge in [0.1, 0.15) is 12.3 Å². The first-order valence-corrected chi connectivity index (χ1v) is 11.5. The number of methoxy groups -OCH3 is 1. The quantitative estimate of drug-likeness (QED) is 0.283. The van der Waals surface area contributed by atoms with Gasteiger partial charge in [-0.05, 0) is 43.3 Å². The van der Waals surface area contributed by atoms with Crippen molar-refractivity contribution >= 4 is 33.0 Å². The zero-order valence-corrected chi connectivity index (χ0v) is 19.2. The predicted molar refractivity (Wildman–Crippen MR) is 127 cm³/mol. The molecule has 176 valence electrons. The summed E-state index contributed by atoms with van der Waals surface area (Å²) in [6.07, 6.45) is 0. The van der Waals surface area contributed by atoms with E-state index >= 15 is 0 Å². The largest absolute Gasteiger partial charge is 0.497 e. The number of benzene rings is 3. The fourth-order valence-electron chi connectivity index (χ4n) is 3.00. The second kappa shape index (κ2) is 10.6. The van der Waals surface area contributed by atoms with E-state index < -0.39 is 27.4 Å². The van der Waals surface area contributed by atoms with E-state index in [9.17, 15) is 23.3 Å². The molecule has 1 amide bonds. The van der Waals surface area contributed by atoms with Gasteiger partial charge in [-0.3, -0.25) is 19.2 Å². The van der Waals surface area contributed by atoms with Crippen LogP contribution in [0.3, 0.4) is 0 Å². The predicted octanol–water partition coefficient (Wildman–Crippen LogP) is 3.34. The first kappa shape index (κ1) is 24.4. The second-order valence-corrected chi connectivity index (χ2v) is 8.92. The highest BCUT2D eigenvalue weighted by molar-refractivity contribution is 7.92. The van der Waals surface area contributed by atoms with E-state index in [-0.39, 0.29) is 16.3 Å². The van der Waals surface area contributed by atoms with E-state index in [1.54, 1.807) is 43.3 Å². The maximum atomic E-state index is 13.3. The number of nitro groups is 1. The topological polar surface area (TPSA) is 131 Å². The van der Waals surface area contributed by atoms with E-state index in [1.807, 2.05) is 0 Å². The lowest BCUT2D eigenvalue weighted by Crippen LogP contribution is -2.39. The number of nitro benzene ring substituents is 1. The number of nitrogens with zero attached hydrogens (tertiary/aromatic N) is 3. The summed E-state index contributed by atoms with van der Waals surface area (Å²) in [6, 6.07) is 19.8. The molecule has 3 aromatic carbocycles. The number of carbonyl (C=O) groups is 1. The summed E-state index contributed by atoms with van der Waals surface area (Å²) >= 11 is 0. The third-order valence-corrected chi connectivity index (χ3v) is 6.59. The van der Waals surface area contributed by atoms with Crippen molar-refractivity contribution in [2.45, 2.75) is 11.8 Å². The van der Waals surface area contributed by atoms with Crippen LogP contribution in [0.25, 0.3) is 0 Å². The van der Waals surface area contributed by atoms with Crippen LogP contribution in [0.15, 0.2) is 88.9 Å². The Morgan fingerprint density at radius 3 is 2.35 bits per heavy atom. The van der Waals surface area contributed by atoms with Crippen LogP contribution in [-0.2, 0) is 14.8 Å². The summed E-state index contributed by atoms with van der Waals surface area (Å²) in [7, 11) is -2.58. The molecule has 0 heterocycles. The number of ether oxygens (including phenoxy) is 1. The highest BCUT2D eigenvalue weighted by Crippen LogP contribution is 2.25. The molecule has 10 nitrogen and oxygen atoms in total. The number of amides is 1. The fraction of sp³-hybridized carbons (Fsp3) is 0.130. The molecule has 0 aliphatic carbocycles. The Kier molecular flexibility index (Phi) is 7.59. The Labute approximate surface area is 196 Å². The Morgan fingerprint density at radius 2 is 1.74 bits per heavy atom. The van der Waals surface area contributed by atoms with Crippen molar-refractivity contribution < 1.29 is 22.9 Å². The summed E-state index contributed by atoms with van der Waals surface area (Å²) < 4.78 is 32.7. The summed E-state index contributed by atoms with van der Waals surface area (Å²) in [4.78, 5) is 23.1. The molecule has 3 rings (SSSR count). The lowest BCUT2D eigenvalue weighted by atomic mass is 10.1. The van der Waals surface area contributed by atoms with Crippen LogP contribution in [0, 0.1) is 10.1 Å². The molecule has 0 aliphatic heterocycles. The molecular weight excluding hydrogens is 460 g/mol. The molecule has 0 atom stereocenters. The van der Waals surface area contributed by atoms with Crippen LogP contribution in [0.2, 0.25) is 0 Å². The van der Waals surface area contributed by atoms with Crippen LogP contribution in [0.1, 0.15) is 12.5 Å². The minimum absolute atomic E-state index is 0.0231. The molecule has 3 aromatic rings. The minimum Gasteiger partial charge on any atom is -0.497 e. The lowest BCUT2D eigenvalue weighted by Gasteiger charge is -2.24. The number of anilines is 1. The van der Waals surface area contributed by atoms with Crippen LogP contribution in [0.4, 0.5) is 11.4 Å². The molecule has 0 bridgehead atoms. The Balaban J connectivity index is 1.86. The number of non-ortho nitro benzene ring substituents is 1. The van der Waals surface area contributed by atoms with Crippen LogP contribution >= 0.6 is 0 Å². The third-order valence-electron chi connectivity index (χ3n) is 4.80. The van der Waals surface area contributed by atoms with Crippen molar-refractivity contribution in [3.63, 3.8) is 0 Å². The molecular formula is C23H22N4O6S. The summed E-state index contributed by atoms with van der Waals surface area (Å²) in [5, 5.41) is 15.0. The van der Waals surface area contributed by atoms with E-state index in [2.05, 4.69) is 10.5 Å². The van der Waals surface area contributed by atoms with Crippen LogP contribution in [0.5, 0.6) is 5.75 Å². The first-order valence-electron chi connectivity index (χ1n) is 10.0. The zero-order valence-electron chi connectivity index (χ0n) is 18.4. The number of rotatable bonds is 9. The molecule has 0 saturated heterocycles. The highest BCUT2D eigenvalue weighted by atomic mass is 32.2. The van der Waals surface area contributed by atoms with Crippen molar-refractivity contribution in [3.8, 4) is 5.75 Å². The summed E-state index contributed by atoms with van der Waals surface area (Å²) in [6.45, 7) is 1.02. The van der Waals surface area contributed by atoms with Gasteiger partial charge in [-0.2, -0.15) is 5.10 Å². The Bertz CT molecular complexity index is 1310. The fourth-order valence-corrected chi connectivity index (χ4v) is 4.45. The molecule has 1 N–H and O–H groups in total. The van der Waals surface area contributed by atoms with Gasteiger partial charge in [0.05, 0.1) is 28.3 Å². The van der Waals surface area contributed by atoms with E-state index in [4.69, 9.17) is 4.74 Å². The number of nitrogens with one attached hydrogen (secondary N) is 1. The van der Waals surface area contributed by atoms with Gasteiger partial charge in [-0.15, -0.1) is 0 Å². The van der Waals surface area contributed by atoms with Crippen molar-refractivity contribution in [2.75, 3.05) is 18.0 Å². The molecule has 0 saturated carbocycles. The normalized spacial score (nSPS) is 11.5. The third kappa shape index (κ3) is 5.75. The van der Waals surface area contributed by atoms with Crippen molar-refractivity contribution in [2.24, 2.45) is 5.10 Å². The van der Waals surface area contributed by atoms with Crippen molar-refractivity contribution in [3.05, 3.63) is 94.5 Å². The van der Waals surface area contributed by atoms with E-state index in [0.29, 0.717) is 17.0 Å². The number of sulfonamides is 1. The van der Waals surface area contributed by atoms with Crippen molar-refractivity contribution in [1.29, 1.82) is 0 Å². The highest BCUT2D eigenvalue weighted by Gasteiger charge is 2.27. The molecule has 0 aliphatic rings. The summed E-state index contributed by atoms with van der Waals surface area (Å²) in [5.74, 6) is -0.164. The molecule has 0 aromatic heterocycles. The molecule has 0 unspecified atom stereocenters. The Hall–Kier alpha value is -4.25. The maximum Gasteiger partial charge on any atom is 0.270 e. The van der Waals surface area contributed by atoms with Crippen molar-refractivity contribution in [1.82, 2.24) is 5.43 Å². The average Bonchev–Trinajstić information content (AvgIpc) is 2.86. The van der Waals surface area contributed by atoms with Crippen LogP contribution < -0.4 is 14.5 Å². The molecule has 0 spiro atoms. The Morgan fingerprint density at radius 1 is 1.06 bits per heavy atom. The first-order chi connectivity index (χ1) is 16.2. The van der Waals surface area contributed by atoms with Crippen LogP contribution in [-0.4, -0.2) is 38.6 Å². The number of hydrogen-bond donors (Lipinski definition) is 1. The van der Waals surface area contributed by atoms with E-state index in [1.165, 1.54) is 49.6 Å². The molecule has 11 heteroatoms. The standard InChI is InChI=1S/C23H22N4O6S/c1-17(18-7-6-8-20(15-18)27(29)30)24-25-23(28)16-26(19-11-13-21(33-2)14-12-19)34(31,32)22-9-4-3-5-10-22/h3-15H,16H2,1-2H3,(H,25,28)/b24-17-. The minimum atomic E-state index is -4.07. The molecule has 0 fully saturated rings. The van der Waals surface area contributed by atoms with Gasteiger partial charge in [-0.25, -0.2) is 13.8 Å². The van der Waals surface area contributed by atoms with Gasteiger partial charge < -0.3 is 4.74 Å². The lowest BCUT2D eigenvalue weighted by molar-refractivity contribution is -0.384. The molecule has 0 radical (unpaired) electrons. The van der Waals surface area contributed by atoms with Gasteiger partial charge >= 0.3 is 0 Å². The van der Waals surface area contributed by atoms with Gasteiger partial charge in [0.15, 0.2) is 0 Å². The second-order valence-electron chi connectivity index (χ2n) is 7.06. The van der Waals surface area contributed by atoms with Gasteiger partial charge in [0.25, 0.3) is 21.6 Å². The van der Waals surface area contributed by atoms with Gasteiger partial charge in [0, 0.05) is 17.7 Å². The summed E-state index contributed by atoms with van der Waals surface area (Å²) in [5.41, 5.74) is 3.24. The number of carbonyl (C=O) groups excluding carboxylic acids is 1. The molecule has 34 heavy (non-hydrogen) atoms. The smallest absolute Gasteiger partial charge is 0.270 e. The van der Waals surface area contributed by atoms with E-state index in [0.717, 1.165) is 4.31 Å². The number of hydrazone groups is 1. The monoisotopic (exact) mass is 482 g/mol.